The van der Waals surface area contributed by atoms with Crippen molar-refractivity contribution in [3.63, 3.8) is 0 Å². The van der Waals surface area contributed by atoms with E-state index in [0.29, 0.717) is 16.3 Å². The third kappa shape index (κ3) is 4.73. The highest BCUT2D eigenvalue weighted by Gasteiger charge is 2.30. The van der Waals surface area contributed by atoms with Crippen LogP contribution < -0.4 is 10.6 Å². The zero-order valence-corrected chi connectivity index (χ0v) is 14.5. The molecular formula is C19H13F3N2O2S. The highest BCUT2D eigenvalue weighted by atomic mass is 32.1. The van der Waals surface area contributed by atoms with E-state index in [1.54, 1.807) is 35.7 Å². The zero-order chi connectivity index (χ0) is 19.4. The second-order valence-electron chi connectivity index (χ2n) is 5.54. The van der Waals surface area contributed by atoms with Crippen molar-refractivity contribution < 1.29 is 22.8 Å². The van der Waals surface area contributed by atoms with Gasteiger partial charge in [0.15, 0.2) is 0 Å². The molecule has 3 rings (SSSR count). The van der Waals surface area contributed by atoms with E-state index in [0.717, 1.165) is 12.1 Å². The maximum atomic E-state index is 12.8. The Labute approximate surface area is 156 Å². The second kappa shape index (κ2) is 7.63. The minimum atomic E-state index is -4.53. The Hall–Kier alpha value is -3.13. The average Bonchev–Trinajstić information content (AvgIpc) is 3.16. The Bertz CT molecular complexity index is 969. The van der Waals surface area contributed by atoms with Gasteiger partial charge in [-0.15, -0.1) is 11.3 Å². The minimum absolute atomic E-state index is 0.113. The van der Waals surface area contributed by atoms with Crippen molar-refractivity contribution >= 4 is 34.5 Å². The van der Waals surface area contributed by atoms with Crippen LogP contribution in [0.5, 0.6) is 0 Å². The number of nitrogens with one attached hydrogen (secondary N) is 2. The van der Waals surface area contributed by atoms with Crippen LogP contribution in [0.15, 0.2) is 66.0 Å². The van der Waals surface area contributed by atoms with E-state index < -0.39 is 17.6 Å². The molecule has 27 heavy (non-hydrogen) atoms. The third-order valence-electron chi connectivity index (χ3n) is 3.58. The summed E-state index contributed by atoms with van der Waals surface area (Å²) >= 11 is 1.29. The molecule has 3 aromatic rings. The number of halogens is 3. The Kier molecular flexibility index (Phi) is 5.27. The first kappa shape index (κ1) is 18.7. The van der Waals surface area contributed by atoms with Crippen molar-refractivity contribution in [1.29, 1.82) is 0 Å². The summed E-state index contributed by atoms with van der Waals surface area (Å²) in [5, 5.41) is 7.01. The van der Waals surface area contributed by atoms with Crippen LogP contribution in [0.25, 0.3) is 0 Å². The summed E-state index contributed by atoms with van der Waals surface area (Å²) in [4.78, 5) is 24.9. The molecule has 0 atom stereocenters. The first-order chi connectivity index (χ1) is 12.8. The molecule has 0 aliphatic carbocycles. The van der Waals surface area contributed by atoms with Gasteiger partial charge in [-0.2, -0.15) is 13.2 Å². The van der Waals surface area contributed by atoms with Gasteiger partial charge in [0.25, 0.3) is 11.8 Å². The van der Waals surface area contributed by atoms with E-state index in [1.807, 2.05) is 0 Å². The fourth-order valence-corrected chi connectivity index (χ4v) is 2.93. The van der Waals surface area contributed by atoms with E-state index in [9.17, 15) is 22.8 Å². The van der Waals surface area contributed by atoms with E-state index in [2.05, 4.69) is 10.6 Å². The van der Waals surface area contributed by atoms with E-state index in [-0.39, 0.29) is 11.5 Å². The molecule has 8 heteroatoms. The molecule has 1 aromatic heterocycles. The fourth-order valence-electron chi connectivity index (χ4n) is 2.32. The number of amides is 2. The van der Waals surface area contributed by atoms with Gasteiger partial charge < -0.3 is 10.6 Å². The van der Waals surface area contributed by atoms with Crippen LogP contribution >= 0.6 is 11.3 Å². The largest absolute Gasteiger partial charge is 0.416 e. The Morgan fingerprint density at radius 1 is 0.815 bits per heavy atom. The maximum absolute atomic E-state index is 12.8. The lowest BCUT2D eigenvalue weighted by atomic mass is 10.1. The fraction of sp³-hybridized carbons (Fsp3) is 0.0526. The first-order valence-electron chi connectivity index (χ1n) is 7.76. The Morgan fingerprint density at radius 2 is 1.48 bits per heavy atom. The summed E-state index contributed by atoms with van der Waals surface area (Å²) < 4.78 is 38.3. The molecule has 0 aliphatic rings. The molecule has 1 heterocycles. The number of hydrogen-bond donors (Lipinski definition) is 2. The molecule has 0 unspecified atom stereocenters. The van der Waals surface area contributed by atoms with E-state index >= 15 is 0 Å². The number of anilines is 2. The predicted octanol–water partition coefficient (Wildman–Crippen LogP) is 5.27. The quantitative estimate of drug-likeness (QED) is 0.637. The molecule has 0 fully saturated rings. The highest BCUT2D eigenvalue weighted by Crippen LogP contribution is 2.29. The summed E-state index contributed by atoms with van der Waals surface area (Å²) in [6.45, 7) is 0. The van der Waals surface area contributed by atoms with Gasteiger partial charge in [-0.05, 0) is 47.8 Å². The smallest absolute Gasteiger partial charge is 0.322 e. The van der Waals surface area contributed by atoms with Crippen LogP contribution in [0.1, 0.15) is 25.6 Å². The summed E-state index contributed by atoms with van der Waals surface area (Å²) in [7, 11) is 0. The summed E-state index contributed by atoms with van der Waals surface area (Å²) in [6.07, 6.45) is -4.53. The molecule has 0 aliphatic heterocycles. The summed E-state index contributed by atoms with van der Waals surface area (Å²) in [5.41, 5.74) is -0.207. The van der Waals surface area contributed by atoms with Gasteiger partial charge in [0.1, 0.15) is 0 Å². The number of thiophene rings is 1. The number of hydrogen-bond acceptors (Lipinski definition) is 3. The Balaban J connectivity index is 1.72. The first-order valence-corrected chi connectivity index (χ1v) is 8.64. The molecule has 0 bridgehead atoms. The molecule has 0 saturated carbocycles. The molecule has 2 aromatic carbocycles. The molecule has 0 spiro atoms. The van der Waals surface area contributed by atoms with Crippen LogP contribution in [-0.2, 0) is 6.18 Å². The highest BCUT2D eigenvalue weighted by molar-refractivity contribution is 7.12. The molecule has 0 saturated heterocycles. The van der Waals surface area contributed by atoms with E-state index in [4.69, 9.17) is 0 Å². The standard InChI is InChI=1S/C19H13F3N2O2S/c20-19(21,22)13-5-1-4-12(10-13)17(25)23-14-6-2-7-15(11-14)24-18(26)16-8-3-9-27-16/h1-11H,(H,23,25)(H,24,26). The van der Waals surface area contributed by atoms with Gasteiger partial charge in [-0.1, -0.05) is 18.2 Å². The number of carbonyl (C=O) groups excluding carboxylic acids is 2. The van der Waals surface area contributed by atoms with Gasteiger partial charge in [0.2, 0.25) is 0 Å². The molecular weight excluding hydrogens is 377 g/mol. The maximum Gasteiger partial charge on any atom is 0.416 e. The Morgan fingerprint density at radius 3 is 2.11 bits per heavy atom. The van der Waals surface area contributed by atoms with Gasteiger partial charge in [-0.25, -0.2) is 0 Å². The predicted molar refractivity (Wildman–Crippen MR) is 98.1 cm³/mol. The number of benzene rings is 2. The molecule has 0 radical (unpaired) electrons. The zero-order valence-electron chi connectivity index (χ0n) is 13.7. The van der Waals surface area contributed by atoms with E-state index in [1.165, 1.54) is 29.5 Å². The molecule has 2 N–H and O–H groups in total. The minimum Gasteiger partial charge on any atom is -0.322 e. The van der Waals surface area contributed by atoms with Crippen molar-refractivity contribution in [2.45, 2.75) is 6.18 Å². The summed E-state index contributed by atoms with van der Waals surface area (Å²) in [6, 6.07) is 14.0. The number of rotatable bonds is 4. The van der Waals surface area contributed by atoms with Crippen LogP contribution in [0, 0.1) is 0 Å². The SMILES string of the molecule is O=C(Nc1cccc(NC(=O)c2cccs2)c1)c1cccc(C(F)(F)F)c1. The lowest BCUT2D eigenvalue weighted by Crippen LogP contribution is -2.14. The second-order valence-corrected chi connectivity index (χ2v) is 6.49. The van der Waals surface area contributed by atoms with Crippen molar-refractivity contribution in [2.75, 3.05) is 10.6 Å². The van der Waals surface area contributed by atoms with Crippen molar-refractivity contribution in [2.24, 2.45) is 0 Å². The van der Waals surface area contributed by atoms with Crippen molar-refractivity contribution in [3.8, 4) is 0 Å². The molecule has 4 nitrogen and oxygen atoms in total. The summed E-state index contributed by atoms with van der Waals surface area (Å²) in [5.74, 6) is -0.964. The normalized spacial score (nSPS) is 11.1. The monoisotopic (exact) mass is 390 g/mol. The number of alkyl halides is 3. The van der Waals surface area contributed by atoms with Gasteiger partial charge in [0, 0.05) is 16.9 Å². The van der Waals surface area contributed by atoms with Crippen molar-refractivity contribution in [3.05, 3.63) is 82.0 Å². The lowest BCUT2D eigenvalue weighted by molar-refractivity contribution is -0.137. The van der Waals surface area contributed by atoms with Crippen LogP contribution in [-0.4, -0.2) is 11.8 Å². The van der Waals surface area contributed by atoms with Gasteiger partial charge in [0.05, 0.1) is 10.4 Å². The van der Waals surface area contributed by atoms with Crippen LogP contribution in [0.4, 0.5) is 24.5 Å². The van der Waals surface area contributed by atoms with Gasteiger partial charge >= 0.3 is 6.18 Å². The third-order valence-corrected chi connectivity index (χ3v) is 4.44. The van der Waals surface area contributed by atoms with Gasteiger partial charge in [-0.3, -0.25) is 9.59 Å². The lowest BCUT2D eigenvalue weighted by Gasteiger charge is -2.10. The van der Waals surface area contributed by atoms with Crippen LogP contribution in [0.3, 0.4) is 0 Å². The molecule has 138 valence electrons. The van der Waals surface area contributed by atoms with Crippen LogP contribution in [0.2, 0.25) is 0 Å². The van der Waals surface area contributed by atoms with Crippen molar-refractivity contribution in [1.82, 2.24) is 0 Å². The average molecular weight is 390 g/mol. The number of carbonyl (C=O) groups is 2. The topological polar surface area (TPSA) is 58.2 Å². The molecule has 2 amide bonds.